The summed E-state index contributed by atoms with van der Waals surface area (Å²) < 4.78 is 10.3. The van der Waals surface area contributed by atoms with Gasteiger partial charge in [-0.05, 0) is 37.3 Å². The zero-order valence-electron chi connectivity index (χ0n) is 12.4. The number of nitrogens with two attached hydrogens (primary N) is 1. The fraction of sp³-hybridized carbons (Fsp3) is 0.214. The lowest BCUT2D eigenvalue weighted by Gasteiger charge is -2.04. The maximum Gasteiger partial charge on any atom is 0.345 e. The van der Waals surface area contributed by atoms with E-state index < -0.39 is 5.63 Å². The van der Waals surface area contributed by atoms with Crippen molar-refractivity contribution in [2.45, 2.75) is 6.92 Å². The molecule has 1 aromatic carbocycles. The van der Waals surface area contributed by atoms with Gasteiger partial charge in [-0.25, -0.2) is 4.79 Å². The van der Waals surface area contributed by atoms with Gasteiger partial charge in [-0.3, -0.25) is 5.43 Å². The maximum atomic E-state index is 11.9. The van der Waals surface area contributed by atoms with Crippen LogP contribution in [0.4, 0.5) is 0 Å². The molecule has 0 fully saturated rings. The number of methoxy groups -OCH3 is 1. The molecule has 1 aromatic heterocycles. The molecule has 8 heteroatoms. The highest BCUT2D eigenvalue weighted by atomic mass is 32.1. The molecule has 7 nitrogen and oxygen atoms in total. The Kier molecular flexibility index (Phi) is 6.48. The topological polar surface area (TPSA) is 110 Å². The van der Waals surface area contributed by atoms with Crippen molar-refractivity contribution < 1.29 is 14.3 Å². The van der Waals surface area contributed by atoms with Gasteiger partial charge in [0.25, 0.3) is 0 Å². The number of benzene rings is 1. The Bertz CT molecular complexity index is 755. The summed E-state index contributed by atoms with van der Waals surface area (Å²) in [5, 5.41) is 11.7. The van der Waals surface area contributed by atoms with E-state index in [1.807, 2.05) is 0 Å². The first kappa shape index (κ1) is 17.6. The van der Waals surface area contributed by atoms with Crippen LogP contribution in [0.3, 0.4) is 0 Å². The Morgan fingerprint density at radius 3 is 2.68 bits per heavy atom. The first-order valence-corrected chi connectivity index (χ1v) is 6.59. The Morgan fingerprint density at radius 2 is 2.09 bits per heavy atom. The summed E-state index contributed by atoms with van der Waals surface area (Å²) in [6, 6.07) is 6.93. The zero-order valence-corrected chi connectivity index (χ0v) is 13.2. The molecule has 0 unspecified atom stereocenters. The lowest BCUT2D eigenvalue weighted by Crippen LogP contribution is -2.26. The lowest BCUT2D eigenvalue weighted by molar-refractivity contribution is 0.399. The van der Waals surface area contributed by atoms with Crippen LogP contribution < -0.4 is 21.5 Å². The lowest BCUT2D eigenvalue weighted by atomic mass is 10.1. The second kappa shape index (κ2) is 8.11. The molecule has 1 heterocycles. The molecule has 22 heavy (non-hydrogen) atoms. The van der Waals surface area contributed by atoms with Crippen molar-refractivity contribution in [2.75, 3.05) is 14.2 Å². The molecule has 0 amide bonds. The first-order valence-electron chi connectivity index (χ1n) is 6.18. The smallest absolute Gasteiger partial charge is 0.345 e. The third-order valence-corrected chi connectivity index (χ3v) is 2.76. The predicted octanol–water partition coefficient (Wildman–Crippen LogP) is 0.967. The van der Waals surface area contributed by atoms with Crippen molar-refractivity contribution in [2.24, 2.45) is 10.8 Å². The highest BCUT2D eigenvalue weighted by Gasteiger charge is 2.09. The number of fused-ring (bicyclic) bond motifs is 1. The van der Waals surface area contributed by atoms with E-state index in [2.05, 4.69) is 22.7 Å². The minimum Gasteiger partial charge on any atom is -0.497 e. The van der Waals surface area contributed by atoms with Gasteiger partial charge in [0.15, 0.2) is 5.11 Å². The van der Waals surface area contributed by atoms with Gasteiger partial charge >= 0.3 is 5.63 Å². The summed E-state index contributed by atoms with van der Waals surface area (Å²) in [6.07, 6.45) is 0. The van der Waals surface area contributed by atoms with Gasteiger partial charge in [-0.15, -0.1) is 0 Å². The molecule has 0 saturated carbocycles. The molecule has 0 saturated heterocycles. The van der Waals surface area contributed by atoms with E-state index in [-0.39, 0.29) is 5.11 Å². The number of rotatable bonds is 3. The molecule has 0 aliphatic heterocycles. The molecule has 4 N–H and O–H groups in total. The first-order chi connectivity index (χ1) is 10.5. The average Bonchev–Trinajstić information content (AvgIpc) is 2.53. The fourth-order valence-corrected chi connectivity index (χ4v) is 1.72. The van der Waals surface area contributed by atoms with Gasteiger partial charge in [-0.1, -0.05) is 0 Å². The van der Waals surface area contributed by atoms with E-state index in [4.69, 9.17) is 20.0 Å². The minimum atomic E-state index is -0.489. The SMILES string of the molecule is CO.COc1ccc2cc(/C(C)=N/NC(N)=S)c(=O)oc2c1. The Labute approximate surface area is 132 Å². The van der Waals surface area contributed by atoms with Gasteiger partial charge in [-0.2, -0.15) is 5.10 Å². The number of ether oxygens (including phenoxy) is 1. The van der Waals surface area contributed by atoms with Gasteiger partial charge in [0.1, 0.15) is 11.3 Å². The van der Waals surface area contributed by atoms with Crippen molar-refractivity contribution in [1.82, 2.24) is 5.43 Å². The molecule has 2 aromatic rings. The quantitative estimate of drug-likeness (QED) is 0.334. The summed E-state index contributed by atoms with van der Waals surface area (Å²) >= 11 is 4.65. The van der Waals surface area contributed by atoms with Crippen LogP contribution in [0.5, 0.6) is 5.75 Å². The zero-order chi connectivity index (χ0) is 16.7. The molecular weight excluding hydrogens is 306 g/mol. The van der Waals surface area contributed by atoms with Crippen LogP contribution in [0.1, 0.15) is 12.5 Å². The minimum absolute atomic E-state index is 0.0271. The van der Waals surface area contributed by atoms with E-state index in [0.717, 1.165) is 12.5 Å². The van der Waals surface area contributed by atoms with Crippen LogP contribution in [0, 0.1) is 0 Å². The molecule has 118 valence electrons. The van der Waals surface area contributed by atoms with Crippen LogP contribution >= 0.6 is 12.2 Å². The molecule has 0 spiro atoms. The Balaban J connectivity index is 0.00000116. The van der Waals surface area contributed by atoms with Crippen LogP contribution in [-0.2, 0) is 0 Å². The number of hydrazone groups is 1. The molecule has 0 radical (unpaired) electrons. The van der Waals surface area contributed by atoms with Crippen molar-refractivity contribution in [1.29, 1.82) is 0 Å². The second-order valence-corrected chi connectivity index (χ2v) is 4.46. The maximum absolute atomic E-state index is 11.9. The van der Waals surface area contributed by atoms with Crippen LogP contribution in [0.25, 0.3) is 11.0 Å². The summed E-state index contributed by atoms with van der Waals surface area (Å²) in [5.41, 5.74) is 8.45. The van der Waals surface area contributed by atoms with Gasteiger partial charge < -0.3 is 20.0 Å². The van der Waals surface area contributed by atoms with E-state index in [1.165, 1.54) is 0 Å². The fourth-order valence-electron chi connectivity index (χ4n) is 1.67. The second-order valence-electron chi connectivity index (χ2n) is 4.02. The van der Waals surface area contributed by atoms with Crippen LogP contribution in [-0.4, -0.2) is 30.2 Å². The third-order valence-electron chi connectivity index (χ3n) is 2.67. The number of aliphatic hydroxyl groups excluding tert-OH is 1. The number of hydrogen-bond acceptors (Lipinski definition) is 6. The van der Waals surface area contributed by atoms with Crippen molar-refractivity contribution >= 4 is 34.0 Å². The number of hydrogen-bond donors (Lipinski definition) is 3. The molecule has 0 aliphatic carbocycles. The van der Waals surface area contributed by atoms with Crippen molar-refractivity contribution in [3.8, 4) is 5.75 Å². The number of nitrogens with zero attached hydrogens (tertiary/aromatic N) is 1. The van der Waals surface area contributed by atoms with Crippen LogP contribution in [0.15, 0.2) is 38.6 Å². The predicted molar refractivity (Wildman–Crippen MR) is 89.3 cm³/mol. The third kappa shape index (κ3) is 4.27. The normalized spacial score (nSPS) is 10.6. The summed E-state index contributed by atoms with van der Waals surface area (Å²) in [6.45, 7) is 1.66. The average molecular weight is 323 g/mol. The molecule has 0 aliphatic rings. The molecular formula is C14H17N3O4S. The highest BCUT2D eigenvalue weighted by molar-refractivity contribution is 7.80. The Morgan fingerprint density at radius 1 is 1.41 bits per heavy atom. The van der Waals surface area contributed by atoms with Gasteiger partial charge in [0, 0.05) is 18.6 Å². The van der Waals surface area contributed by atoms with Crippen molar-refractivity contribution in [3.63, 3.8) is 0 Å². The van der Waals surface area contributed by atoms with Crippen LogP contribution in [0.2, 0.25) is 0 Å². The monoisotopic (exact) mass is 323 g/mol. The summed E-state index contributed by atoms with van der Waals surface area (Å²) in [4.78, 5) is 11.9. The highest BCUT2D eigenvalue weighted by Crippen LogP contribution is 2.20. The number of aliphatic hydroxyl groups is 1. The van der Waals surface area contributed by atoms with E-state index in [9.17, 15) is 4.79 Å². The van der Waals surface area contributed by atoms with Gasteiger partial charge in [0.05, 0.1) is 18.4 Å². The number of nitrogens with one attached hydrogen (secondary N) is 1. The van der Waals surface area contributed by atoms with Crippen molar-refractivity contribution in [3.05, 3.63) is 40.2 Å². The molecule has 0 atom stereocenters. The summed E-state index contributed by atoms with van der Waals surface area (Å²) in [5.74, 6) is 0.619. The van der Waals surface area contributed by atoms with Gasteiger partial charge in [0.2, 0.25) is 0 Å². The largest absolute Gasteiger partial charge is 0.497 e. The van der Waals surface area contributed by atoms with E-state index in [0.29, 0.717) is 22.6 Å². The Hall–Kier alpha value is -2.45. The van der Waals surface area contributed by atoms with E-state index in [1.54, 1.807) is 38.3 Å². The summed E-state index contributed by atoms with van der Waals surface area (Å²) in [7, 11) is 2.55. The molecule has 0 bridgehead atoms. The standard InChI is InChI=1S/C13H13N3O3S.CH4O/c1-7(15-16-13(14)20)10-5-8-3-4-9(18-2)6-11(8)19-12(10)17;1-2/h3-6H,1-2H3,(H3,14,16,20);2H,1H3/b15-7+;. The molecule has 2 rings (SSSR count). The van der Waals surface area contributed by atoms with E-state index >= 15 is 0 Å². The number of thiocarbonyl (C=S) groups is 1.